The number of carbonyl (C=O) groups is 2. The van der Waals surface area contributed by atoms with Crippen LogP contribution in [0.5, 0.6) is 5.75 Å². The minimum atomic E-state index is -0.531. The van der Waals surface area contributed by atoms with Crippen molar-refractivity contribution < 1.29 is 23.5 Å². The highest BCUT2D eigenvalue weighted by atomic mass is 19.1. The van der Waals surface area contributed by atoms with Crippen LogP contribution in [-0.2, 0) is 16.1 Å². The molecule has 0 atom stereocenters. The van der Waals surface area contributed by atoms with Crippen LogP contribution in [0.3, 0.4) is 0 Å². The predicted molar refractivity (Wildman–Crippen MR) is 82.6 cm³/mol. The van der Waals surface area contributed by atoms with Gasteiger partial charge in [-0.05, 0) is 29.3 Å². The van der Waals surface area contributed by atoms with Gasteiger partial charge in [-0.3, -0.25) is 4.79 Å². The molecule has 2 rings (SSSR count). The number of hydrogen-bond acceptors (Lipinski definition) is 4. The number of methoxy groups -OCH3 is 2. The zero-order valence-corrected chi connectivity index (χ0v) is 12.8. The Morgan fingerprint density at radius 2 is 1.87 bits per heavy atom. The molecule has 2 aromatic rings. The van der Waals surface area contributed by atoms with Gasteiger partial charge in [0.2, 0.25) is 6.41 Å². The summed E-state index contributed by atoms with van der Waals surface area (Å²) in [6, 6.07) is 9.80. The summed E-state index contributed by atoms with van der Waals surface area (Å²) in [4.78, 5) is 22.0. The van der Waals surface area contributed by atoms with E-state index in [4.69, 9.17) is 4.74 Å². The van der Waals surface area contributed by atoms with Crippen molar-refractivity contribution in [2.75, 3.05) is 14.2 Å². The smallest absolute Gasteiger partial charge is 0.337 e. The van der Waals surface area contributed by atoms with Gasteiger partial charge >= 0.3 is 5.97 Å². The van der Waals surface area contributed by atoms with E-state index in [-0.39, 0.29) is 12.3 Å². The number of ether oxygens (including phenoxy) is 2. The lowest BCUT2D eigenvalue weighted by Crippen LogP contribution is -2.13. The Morgan fingerprint density at radius 3 is 2.43 bits per heavy atom. The van der Waals surface area contributed by atoms with E-state index in [1.807, 2.05) is 0 Å². The fourth-order valence-corrected chi connectivity index (χ4v) is 2.25. The second-order valence-electron chi connectivity index (χ2n) is 4.68. The second-order valence-corrected chi connectivity index (χ2v) is 4.68. The molecule has 23 heavy (non-hydrogen) atoms. The first-order valence-electron chi connectivity index (χ1n) is 6.83. The van der Waals surface area contributed by atoms with Gasteiger partial charge in [0.1, 0.15) is 0 Å². The molecule has 5 nitrogen and oxygen atoms in total. The second kappa shape index (κ2) is 7.40. The monoisotopic (exact) mass is 317 g/mol. The molecule has 0 unspecified atom stereocenters. The topological polar surface area (TPSA) is 64.6 Å². The summed E-state index contributed by atoms with van der Waals surface area (Å²) in [7, 11) is 2.68. The van der Waals surface area contributed by atoms with Crippen molar-refractivity contribution in [3.8, 4) is 16.9 Å². The fraction of sp³-hybridized carbons (Fsp3) is 0.176. The molecular formula is C17H16FNO4. The third kappa shape index (κ3) is 3.48. The van der Waals surface area contributed by atoms with Gasteiger partial charge in [0.25, 0.3) is 0 Å². The summed E-state index contributed by atoms with van der Waals surface area (Å²) in [5, 5.41) is 2.46. The maximum Gasteiger partial charge on any atom is 0.337 e. The average Bonchev–Trinajstić information content (AvgIpc) is 2.60. The minimum Gasteiger partial charge on any atom is -0.494 e. The van der Waals surface area contributed by atoms with Crippen LogP contribution in [0.15, 0.2) is 36.4 Å². The number of benzene rings is 2. The van der Waals surface area contributed by atoms with E-state index >= 15 is 0 Å². The van der Waals surface area contributed by atoms with Crippen LogP contribution >= 0.6 is 0 Å². The molecule has 0 saturated heterocycles. The standard InChI is InChI=1S/C17H16FNO4/c1-22-15-8-7-13(14(16(15)18)9-19-10-20)11-3-5-12(6-4-11)17(21)23-2/h3-8,10H,9H2,1-2H3,(H,19,20). The molecule has 120 valence electrons. The highest BCUT2D eigenvalue weighted by Crippen LogP contribution is 2.31. The molecule has 1 amide bonds. The van der Waals surface area contributed by atoms with Crippen molar-refractivity contribution in [1.82, 2.24) is 5.32 Å². The first-order chi connectivity index (χ1) is 11.1. The number of hydrogen-bond donors (Lipinski definition) is 1. The molecule has 2 aromatic carbocycles. The molecule has 0 saturated carbocycles. The summed E-state index contributed by atoms with van der Waals surface area (Å²) in [5.74, 6) is -0.876. The zero-order valence-electron chi connectivity index (χ0n) is 12.8. The van der Waals surface area contributed by atoms with Crippen molar-refractivity contribution >= 4 is 12.4 Å². The lowest BCUT2D eigenvalue weighted by molar-refractivity contribution is -0.109. The van der Waals surface area contributed by atoms with Gasteiger partial charge in [-0.25, -0.2) is 9.18 Å². The number of halogens is 1. The van der Waals surface area contributed by atoms with Crippen LogP contribution < -0.4 is 10.1 Å². The molecule has 0 radical (unpaired) electrons. The summed E-state index contributed by atoms with van der Waals surface area (Å²) in [5.41, 5.74) is 2.02. The van der Waals surface area contributed by atoms with Crippen LogP contribution in [0.1, 0.15) is 15.9 Å². The predicted octanol–water partition coefficient (Wildman–Crippen LogP) is 2.53. The van der Waals surface area contributed by atoms with E-state index in [0.717, 1.165) is 0 Å². The molecular weight excluding hydrogens is 301 g/mol. The molecule has 0 heterocycles. The summed E-state index contributed by atoms with van der Waals surface area (Å²) >= 11 is 0. The Bertz CT molecular complexity index is 713. The van der Waals surface area contributed by atoms with Gasteiger partial charge in [-0.1, -0.05) is 18.2 Å². The molecule has 0 spiro atoms. The Kier molecular flexibility index (Phi) is 5.30. The Labute approximate surface area is 133 Å². The van der Waals surface area contributed by atoms with E-state index in [0.29, 0.717) is 28.7 Å². The molecule has 0 bridgehead atoms. The van der Waals surface area contributed by atoms with Crippen LogP contribution in [0.2, 0.25) is 0 Å². The maximum atomic E-state index is 14.4. The largest absolute Gasteiger partial charge is 0.494 e. The van der Waals surface area contributed by atoms with Gasteiger partial charge in [0.05, 0.1) is 19.8 Å². The van der Waals surface area contributed by atoms with Crippen molar-refractivity contribution in [3.05, 3.63) is 53.3 Å². The van der Waals surface area contributed by atoms with Crippen molar-refractivity contribution in [2.24, 2.45) is 0 Å². The summed E-state index contributed by atoms with van der Waals surface area (Å²) in [6.07, 6.45) is 0.503. The Balaban J connectivity index is 2.47. The van der Waals surface area contributed by atoms with Crippen molar-refractivity contribution in [1.29, 1.82) is 0 Å². The normalized spacial score (nSPS) is 10.0. The molecule has 0 aliphatic rings. The molecule has 0 aliphatic heterocycles. The third-order valence-corrected chi connectivity index (χ3v) is 3.41. The number of esters is 1. The van der Waals surface area contributed by atoms with Gasteiger partial charge in [-0.2, -0.15) is 0 Å². The average molecular weight is 317 g/mol. The first-order valence-corrected chi connectivity index (χ1v) is 6.83. The van der Waals surface area contributed by atoms with Gasteiger partial charge in [0, 0.05) is 12.1 Å². The minimum absolute atomic E-state index is 0.0284. The number of amides is 1. The number of nitrogens with one attached hydrogen (secondary N) is 1. The third-order valence-electron chi connectivity index (χ3n) is 3.41. The van der Waals surface area contributed by atoms with Gasteiger partial charge in [0.15, 0.2) is 11.6 Å². The fourth-order valence-electron chi connectivity index (χ4n) is 2.25. The molecule has 1 N–H and O–H groups in total. The highest BCUT2D eigenvalue weighted by molar-refractivity contribution is 5.90. The van der Waals surface area contributed by atoms with Gasteiger partial charge < -0.3 is 14.8 Å². The van der Waals surface area contributed by atoms with Crippen molar-refractivity contribution in [2.45, 2.75) is 6.54 Å². The first kappa shape index (κ1) is 16.5. The van der Waals surface area contributed by atoms with Crippen LogP contribution in [0, 0.1) is 5.82 Å². The maximum absolute atomic E-state index is 14.4. The summed E-state index contributed by atoms with van der Waals surface area (Å²) in [6.45, 7) is 0.0284. The lowest BCUT2D eigenvalue weighted by atomic mass is 9.97. The van der Waals surface area contributed by atoms with E-state index in [1.54, 1.807) is 30.3 Å². The molecule has 6 heteroatoms. The number of carbonyl (C=O) groups excluding carboxylic acids is 2. The quantitative estimate of drug-likeness (QED) is 0.657. The molecule has 0 fully saturated rings. The van der Waals surface area contributed by atoms with Crippen molar-refractivity contribution in [3.63, 3.8) is 0 Å². The lowest BCUT2D eigenvalue weighted by Gasteiger charge is -2.13. The van der Waals surface area contributed by atoms with Crippen LogP contribution in [0.4, 0.5) is 4.39 Å². The van der Waals surface area contributed by atoms with E-state index in [9.17, 15) is 14.0 Å². The summed E-state index contributed by atoms with van der Waals surface area (Å²) < 4.78 is 24.1. The van der Waals surface area contributed by atoms with E-state index in [2.05, 4.69) is 10.1 Å². The van der Waals surface area contributed by atoms with Crippen LogP contribution in [-0.4, -0.2) is 26.6 Å². The number of rotatable bonds is 6. The highest BCUT2D eigenvalue weighted by Gasteiger charge is 2.15. The Hall–Kier alpha value is -2.89. The van der Waals surface area contributed by atoms with Gasteiger partial charge in [-0.15, -0.1) is 0 Å². The van der Waals surface area contributed by atoms with Crippen LogP contribution in [0.25, 0.3) is 11.1 Å². The molecule has 0 aliphatic carbocycles. The van der Waals surface area contributed by atoms with E-state index in [1.165, 1.54) is 20.3 Å². The SMILES string of the molecule is COC(=O)c1ccc(-c2ccc(OC)c(F)c2CNC=O)cc1. The molecule has 0 aromatic heterocycles. The zero-order chi connectivity index (χ0) is 16.8. The van der Waals surface area contributed by atoms with E-state index < -0.39 is 11.8 Å². The Morgan fingerprint density at radius 1 is 1.17 bits per heavy atom.